The van der Waals surface area contributed by atoms with Gasteiger partial charge >= 0.3 is 0 Å². The van der Waals surface area contributed by atoms with Crippen molar-refractivity contribution in [1.82, 2.24) is 5.32 Å². The van der Waals surface area contributed by atoms with Crippen molar-refractivity contribution in [2.75, 3.05) is 31.7 Å². The van der Waals surface area contributed by atoms with Crippen LogP contribution in [-0.4, -0.2) is 32.8 Å². The first-order chi connectivity index (χ1) is 9.24. The molecular weight excluding hydrogens is 243 g/mol. The number of benzene rings is 1. The Kier molecular flexibility index (Phi) is 5.16. The van der Waals surface area contributed by atoms with Gasteiger partial charge in [-0.05, 0) is 31.5 Å². The molecule has 0 spiro atoms. The molecule has 1 aliphatic rings. The number of rotatable bonds is 5. The minimum Gasteiger partial charge on any atom is -0.381 e. The van der Waals surface area contributed by atoms with Gasteiger partial charge in [-0.3, -0.25) is 0 Å². The molecule has 1 N–H and O–H groups in total. The Bertz CT molecular complexity index is 405. The second-order valence-corrected chi connectivity index (χ2v) is 4.97. The Hall–Kier alpha value is -1.13. The highest BCUT2D eigenvalue weighted by Gasteiger charge is 2.21. The number of nitrogens with one attached hydrogen (secondary N) is 1. The maximum atomic E-state index is 14.0. The summed E-state index contributed by atoms with van der Waals surface area (Å²) in [4.78, 5) is 2.21. The van der Waals surface area contributed by atoms with Crippen LogP contribution in [0.5, 0.6) is 0 Å². The number of hydrogen-bond acceptors (Lipinski definition) is 3. The fourth-order valence-electron chi connectivity index (χ4n) is 2.57. The van der Waals surface area contributed by atoms with Crippen LogP contribution in [0.1, 0.15) is 25.3 Å². The van der Waals surface area contributed by atoms with E-state index in [2.05, 4.69) is 17.3 Å². The van der Waals surface area contributed by atoms with Gasteiger partial charge in [0.1, 0.15) is 5.82 Å². The van der Waals surface area contributed by atoms with E-state index >= 15 is 0 Å². The quantitative estimate of drug-likeness (QED) is 0.886. The van der Waals surface area contributed by atoms with Gasteiger partial charge in [-0.25, -0.2) is 4.39 Å². The smallest absolute Gasteiger partial charge is 0.129 e. The van der Waals surface area contributed by atoms with E-state index < -0.39 is 0 Å². The minimum absolute atomic E-state index is 0.127. The molecule has 0 bridgehead atoms. The highest BCUT2D eigenvalue weighted by atomic mass is 19.1. The first kappa shape index (κ1) is 14.3. The van der Waals surface area contributed by atoms with Crippen molar-refractivity contribution in [3.63, 3.8) is 0 Å². The highest BCUT2D eigenvalue weighted by molar-refractivity contribution is 5.54. The molecule has 2 rings (SSSR count). The van der Waals surface area contributed by atoms with Crippen molar-refractivity contribution in [3.8, 4) is 0 Å². The van der Waals surface area contributed by atoms with Crippen molar-refractivity contribution < 1.29 is 9.13 Å². The van der Waals surface area contributed by atoms with Gasteiger partial charge < -0.3 is 15.0 Å². The third kappa shape index (κ3) is 3.45. The van der Waals surface area contributed by atoms with Crippen LogP contribution >= 0.6 is 0 Å². The van der Waals surface area contributed by atoms with Crippen LogP contribution < -0.4 is 10.2 Å². The third-order valence-corrected chi connectivity index (χ3v) is 3.76. The minimum atomic E-state index is -0.127. The zero-order valence-corrected chi connectivity index (χ0v) is 11.8. The van der Waals surface area contributed by atoms with Gasteiger partial charge in [0.05, 0.1) is 0 Å². The van der Waals surface area contributed by atoms with Gasteiger partial charge in [-0.15, -0.1) is 0 Å². The highest BCUT2D eigenvalue weighted by Crippen LogP contribution is 2.26. The molecule has 19 heavy (non-hydrogen) atoms. The van der Waals surface area contributed by atoms with Crippen molar-refractivity contribution in [1.29, 1.82) is 0 Å². The van der Waals surface area contributed by atoms with E-state index in [9.17, 15) is 4.39 Å². The molecule has 0 atom stereocenters. The molecule has 0 radical (unpaired) electrons. The molecule has 1 aliphatic heterocycles. The predicted octanol–water partition coefficient (Wildman–Crippen LogP) is 2.55. The summed E-state index contributed by atoms with van der Waals surface area (Å²) in [7, 11) is 2.06. The number of ether oxygens (including phenoxy) is 1. The van der Waals surface area contributed by atoms with E-state index in [1.54, 1.807) is 6.07 Å². The van der Waals surface area contributed by atoms with Gasteiger partial charge in [-0.1, -0.05) is 13.0 Å². The average Bonchev–Trinajstić information content (AvgIpc) is 2.46. The summed E-state index contributed by atoms with van der Waals surface area (Å²) in [6.45, 7) is 5.04. The van der Waals surface area contributed by atoms with Crippen molar-refractivity contribution in [2.24, 2.45) is 0 Å². The first-order valence-electron chi connectivity index (χ1n) is 7.02. The topological polar surface area (TPSA) is 24.5 Å². The van der Waals surface area contributed by atoms with E-state index in [1.807, 2.05) is 13.0 Å². The molecule has 1 saturated heterocycles. The maximum Gasteiger partial charge on any atom is 0.129 e. The largest absolute Gasteiger partial charge is 0.381 e. The molecule has 1 aromatic carbocycles. The average molecular weight is 266 g/mol. The fourth-order valence-corrected chi connectivity index (χ4v) is 2.57. The van der Waals surface area contributed by atoms with Gasteiger partial charge in [0.2, 0.25) is 0 Å². The Labute approximate surface area is 114 Å². The Balaban J connectivity index is 2.19. The molecule has 0 unspecified atom stereocenters. The summed E-state index contributed by atoms with van der Waals surface area (Å²) >= 11 is 0. The molecule has 0 amide bonds. The molecular formula is C15H23FN2O. The van der Waals surface area contributed by atoms with Crippen molar-refractivity contribution in [2.45, 2.75) is 32.4 Å². The monoisotopic (exact) mass is 266 g/mol. The van der Waals surface area contributed by atoms with E-state index in [4.69, 9.17) is 4.74 Å². The third-order valence-electron chi connectivity index (χ3n) is 3.76. The second kappa shape index (κ2) is 6.87. The molecule has 1 heterocycles. The van der Waals surface area contributed by atoms with E-state index in [-0.39, 0.29) is 5.82 Å². The molecule has 0 aliphatic carbocycles. The molecule has 3 nitrogen and oxygen atoms in total. The lowest BCUT2D eigenvalue weighted by molar-refractivity contribution is 0.0854. The number of nitrogens with zero attached hydrogens (tertiary/aromatic N) is 1. The normalized spacial score (nSPS) is 16.6. The summed E-state index contributed by atoms with van der Waals surface area (Å²) in [5.74, 6) is -0.127. The van der Waals surface area contributed by atoms with Gasteiger partial charge in [0.15, 0.2) is 0 Å². The molecule has 106 valence electrons. The molecule has 0 aromatic heterocycles. The number of halogens is 1. The standard InChI is InChI=1S/C15H23FN2O/c1-3-17-11-13-14(16)5-4-6-15(13)18(2)12-7-9-19-10-8-12/h4-6,12,17H,3,7-11H2,1-2H3. The fraction of sp³-hybridized carbons (Fsp3) is 0.600. The lowest BCUT2D eigenvalue weighted by Gasteiger charge is -2.34. The number of anilines is 1. The SMILES string of the molecule is CCNCc1c(F)cccc1N(C)C1CCOCC1. The summed E-state index contributed by atoms with van der Waals surface area (Å²) in [5.41, 5.74) is 1.76. The molecule has 0 saturated carbocycles. The lowest BCUT2D eigenvalue weighted by Crippen LogP contribution is -2.37. The van der Waals surface area contributed by atoms with Crippen LogP contribution in [0.3, 0.4) is 0 Å². The van der Waals surface area contributed by atoms with Crippen LogP contribution in [-0.2, 0) is 11.3 Å². The van der Waals surface area contributed by atoms with Crippen LogP contribution in [0, 0.1) is 5.82 Å². The van der Waals surface area contributed by atoms with Gasteiger partial charge in [0, 0.05) is 44.1 Å². The van der Waals surface area contributed by atoms with E-state index in [0.29, 0.717) is 12.6 Å². The maximum absolute atomic E-state index is 14.0. The zero-order valence-electron chi connectivity index (χ0n) is 11.8. The predicted molar refractivity (Wildman–Crippen MR) is 76.0 cm³/mol. The van der Waals surface area contributed by atoms with Gasteiger partial charge in [0.25, 0.3) is 0 Å². The van der Waals surface area contributed by atoms with E-state index in [0.717, 1.165) is 43.9 Å². The zero-order chi connectivity index (χ0) is 13.7. The van der Waals surface area contributed by atoms with Gasteiger partial charge in [-0.2, -0.15) is 0 Å². The van der Waals surface area contributed by atoms with Crippen molar-refractivity contribution in [3.05, 3.63) is 29.6 Å². The van der Waals surface area contributed by atoms with E-state index in [1.165, 1.54) is 6.07 Å². The second-order valence-electron chi connectivity index (χ2n) is 4.97. The van der Waals surface area contributed by atoms with Crippen LogP contribution in [0.15, 0.2) is 18.2 Å². The van der Waals surface area contributed by atoms with Crippen LogP contribution in [0.4, 0.5) is 10.1 Å². The summed E-state index contributed by atoms with van der Waals surface area (Å²) in [5, 5.41) is 3.21. The Morgan fingerprint density at radius 3 is 2.79 bits per heavy atom. The number of hydrogen-bond donors (Lipinski definition) is 1. The van der Waals surface area contributed by atoms with Crippen LogP contribution in [0.25, 0.3) is 0 Å². The molecule has 1 fully saturated rings. The summed E-state index contributed by atoms with van der Waals surface area (Å²) < 4.78 is 19.4. The summed E-state index contributed by atoms with van der Waals surface area (Å²) in [6, 6.07) is 5.77. The molecule has 1 aromatic rings. The Morgan fingerprint density at radius 2 is 2.11 bits per heavy atom. The van der Waals surface area contributed by atoms with Crippen molar-refractivity contribution >= 4 is 5.69 Å². The lowest BCUT2D eigenvalue weighted by atomic mass is 10.0. The van der Waals surface area contributed by atoms with Crippen LogP contribution in [0.2, 0.25) is 0 Å². The summed E-state index contributed by atoms with van der Waals surface area (Å²) in [6.07, 6.45) is 2.02. The Morgan fingerprint density at radius 1 is 1.37 bits per heavy atom. The molecule has 4 heteroatoms. The first-order valence-corrected chi connectivity index (χ1v) is 7.02.